The van der Waals surface area contributed by atoms with Gasteiger partial charge in [-0.15, -0.1) is 0 Å². The second kappa shape index (κ2) is 11.5. The number of hydrogen-bond acceptors (Lipinski definition) is 3. The minimum Gasteiger partial charge on any atom is -0.405 e. The third-order valence-corrected chi connectivity index (χ3v) is 8.65. The molecule has 2 aliphatic carbocycles. The monoisotopic (exact) mass is 555 g/mol. The van der Waals surface area contributed by atoms with E-state index >= 15 is 0 Å². The minimum atomic E-state index is -0.319. The SMILES string of the molecule is N/C=C\C=C/Cc1cc(C2=CC=C(C3(c4ccccc4)c4ccccc4-c4ccccc43)CC2)cc(-c2ccccn2)n1. The number of aromatic nitrogens is 2. The lowest BCUT2D eigenvalue weighted by molar-refractivity contribution is 0.696. The Hall–Kier alpha value is -5.28. The number of nitrogens with zero attached hydrogens (tertiary/aromatic N) is 2. The van der Waals surface area contributed by atoms with Crippen molar-refractivity contribution in [2.75, 3.05) is 0 Å². The summed E-state index contributed by atoms with van der Waals surface area (Å²) in [5.74, 6) is 0. The maximum absolute atomic E-state index is 5.52. The van der Waals surface area contributed by atoms with Gasteiger partial charge in [0.15, 0.2) is 0 Å². The van der Waals surface area contributed by atoms with E-state index in [9.17, 15) is 0 Å². The smallest absolute Gasteiger partial charge is 0.0895 e. The zero-order valence-electron chi connectivity index (χ0n) is 24.0. The molecular weight excluding hydrogens is 522 g/mol. The molecule has 0 radical (unpaired) electrons. The van der Waals surface area contributed by atoms with Crippen molar-refractivity contribution in [2.24, 2.45) is 5.73 Å². The van der Waals surface area contributed by atoms with Crippen LogP contribution in [0.3, 0.4) is 0 Å². The summed E-state index contributed by atoms with van der Waals surface area (Å²) in [6.45, 7) is 0. The van der Waals surface area contributed by atoms with E-state index in [0.717, 1.165) is 36.3 Å². The van der Waals surface area contributed by atoms with Crippen LogP contribution in [0.15, 0.2) is 158 Å². The summed E-state index contributed by atoms with van der Waals surface area (Å²) in [7, 11) is 0. The van der Waals surface area contributed by atoms with Gasteiger partial charge in [0.05, 0.1) is 16.8 Å². The molecule has 2 N–H and O–H groups in total. The van der Waals surface area contributed by atoms with E-state index in [1.54, 1.807) is 6.20 Å². The van der Waals surface area contributed by atoms with E-state index in [4.69, 9.17) is 10.7 Å². The number of nitrogens with two attached hydrogens (primary N) is 1. The van der Waals surface area contributed by atoms with Gasteiger partial charge in [-0.25, -0.2) is 0 Å². The summed E-state index contributed by atoms with van der Waals surface area (Å²) >= 11 is 0. The van der Waals surface area contributed by atoms with Gasteiger partial charge in [0, 0.05) is 18.3 Å². The van der Waals surface area contributed by atoms with Gasteiger partial charge >= 0.3 is 0 Å². The summed E-state index contributed by atoms with van der Waals surface area (Å²) < 4.78 is 0. The van der Waals surface area contributed by atoms with Gasteiger partial charge in [0.1, 0.15) is 0 Å². The fraction of sp³-hybridized carbons (Fsp3) is 0.100. The lowest BCUT2D eigenvalue weighted by Crippen LogP contribution is -2.30. The van der Waals surface area contributed by atoms with Gasteiger partial charge in [-0.2, -0.15) is 0 Å². The Labute approximate surface area is 253 Å². The van der Waals surface area contributed by atoms with E-state index in [1.165, 1.54) is 44.5 Å². The molecule has 0 amide bonds. The molecule has 3 nitrogen and oxygen atoms in total. The molecule has 43 heavy (non-hydrogen) atoms. The van der Waals surface area contributed by atoms with Gasteiger partial charge < -0.3 is 5.73 Å². The van der Waals surface area contributed by atoms with Gasteiger partial charge in [0.2, 0.25) is 0 Å². The molecule has 2 heterocycles. The number of benzene rings is 3. The normalized spacial score (nSPS) is 15.3. The molecule has 2 aromatic heterocycles. The molecule has 0 bridgehead atoms. The Bertz CT molecular complexity index is 1850. The largest absolute Gasteiger partial charge is 0.405 e. The molecule has 2 aliphatic rings. The van der Waals surface area contributed by atoms with Crippen molar-refractivity contribution < 1.29 is 0 Å². The van der Waals surface area contributed by atoms with Gasteiger partial charge in [0.25, 0.3) is 0 Å². The van der Waals surface area contributed by atoms with Crippen LogP contribution < -0.4 is 5.73 Å². The molecule has 0 saturated heterocycles. The summed E-state index contributed by atoms with van der Waals surface area (Å²) in [4.78, 5) is 9.56. The van der Waals surface area contributed by atoms with E-state index in [1.807, 2.05) is 36.5 Å². The molecule has 3 aromatic carbocycles. The van der Waals surface area contributed by atoms with Crippen molar-refractivity contribution >= 4 is 5.57 Å². The quantitative estimate of drug-likeness (QED) is 0.204. The Morgan fingerprint density at radius 1 is 0.698 bits per heavy atom. The Morgan fingerprint density at radius 2 is 1.42 bits per heavy atom. The first-order valence-electron chi connectivity index (χ1n) is 14.9. The summed E-state index contributed by atoms with van der Waals surface area (Å²) in [6.07, 6.45) is 16.6. The number of hydrogen-bond donors (Lipinski definition) is 1. The third kappa shape index (κ3) is 4.73. The molecule has 3 heteroatoms. The van der Waals surface area contributed by atoms with Crippen LogP contribution in [0, 0.1) is 0 Å². The highest BCUT2D eigenvalue weighted by atomic mass is 14.8. The van der Waals surface area contributed by atoms with Crippen LogP contribution in [0.1, 0.15) is 40.8 Å². The highest BCUT2D eigenvalue weighted by Gasteiger charge is 2.47. The van der Waals surface area contributed by atoms with Crippen molar-refractivity contribution in [1.82, 2.24) is 9.97 Å². The molecule has 5 aromatic rings. The van der Waals surface area contributed by atoms with Crippen molar-refractivity contribution in [2.45, 2.75) is 24.7 Å². The van der Waals surface area contributed by atoms with Crippen LogP contribution in [-0.4, -0.2) is 9.97 Å². The van der Waals surface area contributed by atoms with Crippen molar-refractivity contribution in [1.29, 1.82) is 0 Å². The standard InChI is InChI=1S/C40H33N3/c41-25-11-2-5-15-33-27-30(28-39(43-33)38-20-10-12-26-42-38)29-21-23-32(24-22-29)40(31-13-3-1-4-14-31)36-18-8-6-16-34(36)35-17-7-9-19-37(35)40/h1-14,16-21,23,25-28H,15,22,24,41H2/b5-2-,25-11-. The number of fused-ring (bicyclic) bond motifs is 3. The lowest BCUT2D eigenvalue weighted by atomic mass is 9.65. The van der Waals surface area contributed by atoms with Gasteiger partial charge in [-0.05, 0) is 88.3 Å². The second-order valence-electron chi connectivity index (χ2n) is 11.1. The average Bonchev–Trinajstić information content (AvgIpc) is 3.39. The van der Waals surface area contributed by atoms with E-state index in [2.05, 4.69) is 114 Å². The molecule has 0 atom stereocenters. The van der Waals surface area contributed by atoms with E-state index < -0.39 is 0 Å². The zero-order valence-corrected chi connectivity index (χ0v) is 24.0. The number of allylic oxidation sites excluding steroid dienone is 7. The molecule has 0 fully saturated rings. The van der Waals surface area contributed by atoms with Crippen LogP contribution in [0.5, 0.6) is 0 Å². The minimum absolute atomic E-state index is 0.319. The molecule has 0 spiro atoms. The van der Waals surface area contributed by atoms with Crippen LogP contribution in [0.4, 0.5) is 0 Å². The third-order valence-electron chi connectivity index (χ3n) is 8.65. The molecule has 208 valence electrons. The molecule has 7 rings (SSSR count). The summed E-state index contributed by atoms with van der Waals surface area (Å²) in [5.41, 5.74) is 18.6. The first-order valence-corrected chi connectivity index (χ1v) is 14.9. The average molecular weight is 556 g/mol. The van der Waals surface area contributed by atoms with Crippen molar-refractivity contribution in [3.05, 3.63) is 185 Å². The topological polar surface area (TPSA) is 51.8 Å². The van der Waals surface area contributed by atoms with Crippen molar-refractivity contribution in [3.8, 4) is 22.5 Å². The first-order chi connectivity index (χ1) is 21.3. The summed E-state index contributed by atoms with van der Waals surface area (Å²) in [6, 6.07) is 39.3. The highest BCUT2D eigenvalue weighted by Crippen LogP contribution is 2.57. The highest BCUT2D eigenvalue weighted by molar-refractivity contribution is 5.86. The Balaban J connectivity index is 1.36. The van der Waals surface area contributed by atoms with E-state index in [-0.39, 0.29) is 5.41 Å². The van der Waals surface area contributed by atoms with E-state index in [0.29, 0.717) is 0 Å². The predicted molar refractivity (Wildman–Crippen MR) is 177 cm³/mol. The second-order valence-corrected chi connectivity index (χ2v) is 11.1. The Morgan fingerprint density at radius 3 is 2.09 bits per heavy atom. The zero-order chi connectivity index (χ0) is 29.1. The van der Waals surface area contributed by atoms with Gasteiger partial charge in [-0.1, -0.05) is 115 Å². The molecule has 0 aliphatic heterocycles. The maximum atomic E-state index is 5.52. The summed E-state index contributed by atoms with van der Waals surface area (Å²) in [5, 5.41) is 0. The maximum Gasteiger partial charge on any atom is 0.0895 e. The fourth-order valence-electron chi connectivity index (χ4n) is 6.81. The van der Waals surface area contributed by atoms with Crippen LogP contribution in [0.25, 0.3) is 28.1 Å². The van der Waals surface area contributed by atoms with Crippen molar-refractivity contribution in [3.63, 3.8) is 0 Å². The molecule has 0 saturated carbocycles. The molecular formula is C40H33N3. The number of rotatable bonds is 7. The lowest BCUT2D eigenvalue weighted by Gasteiger charge is -2.37. The fourth-order valence-corrected chi connectivity index (χ4v) is 6.81. The predicted octanol–water partition coefficient (Wildman–Crippen LogP) is 8.83. The first kappa shape index (κ1) is 26.6. The van der Waals surface area contributed by atoms with Gasteiger partial charge in [-0.3, -0.25) is 9.97 Å². The molecule has 0 unspecified atom stereocenters. The van der Waals surface area contributed by atoms with Crippen LogP contribution in [-0.2, 0) is 11.8 Å². The van der Waals surface area contributed by atoms with Crippen LogP contribution in [0.2, 0.25) is 0 Å². The number of pyridine rings is 2. The Kier molecular flexibility index (Phi) is 7.14. The van der Waals surface area contributed by atoms with Crippen LogP contribution >= 0.6 is 0 Å².